The van der Waals surface area contributed by atoms with Gasteiger partial charge in [-0.05, 0) is 6.07 Å². The van der Waals surface area contributed by atoms with Crippen molar-refractivity contribution in [1.29, 1.82) is 0 Å². The first-order valence-corrected chi connectivity index (χ1v) is 6.01. The van der Waals surface area contributed by atoms with Gasteiger partial charge in [-0.15, -0.1) is 0 Å². The topological polar surface area (TPSA) is 67.6 Å². The minimum Gasteiger partial charge on any atom is -0.394 e. The van der Waals surface area contributed by atoms with E-state index in [0.29, 0.717) is 13.2 Å². The fourth-order valence-corrected chi connectivity index (χ4v) is 1.90. The molecule has 1 unspecified atom stereocenters. The van der Waals surface area contributed by atoms with E-state index in [4.69, 9.17) is 9.84 Å². The Labute approximate surface area is 112 Å². The minimum absolute atomic E-state index is 0.205. The van der Waals surface area contributed by atoms with Crippen LogP contribution in [0, 0.1) is 0 Å². The van der Waals surface area contributed by atoms with Gasteiger partial charge in [0.25, 0.3) is 0 Å². The van der Waals surface area contributed by atoms with E-state index in [0.717, 1.165) is 16.9 Å². The maximum atomic E-state index is 12.4. The number of nitrogens with zero attached hydrogens (tertiary/aromatic N) is 3. The molecule has 0 bridgehead atoms. The van der Waals surface area contributed by atoms with Crippen LogP contribution in [-0.2, 0) is 22.3 Å². The highest BCUT2D eigenvalue weighted by molar-refractivity contribution is 5.76. The average Bonchev–Trinajstić information content (AvgIpc) is 2.87. The van der Waals surface area contributed by atoms with Crippen molar-refractivity contribution in [2.45, 2.75) is 18.8 Å². The monoisotopic (exact) mass is 293 g/mol. The molecule has 0 saturated carbocycles. The third-order valence-corrected chi connectivity index (χ3v) is 2.92. The van der Waals surface area contributed by atoms with Crippen LogP contribution in [-0.4, -0.2) is 58.1 Å². The van der Waals surface area contributed by atoms with E-state index in [9.17, 15) is 18.0 Å². The number of halogens is 3. The zero-order chi connectivity index (χ0) is 14.8. The van der Waals surface area contributed by atoms with Crippen molar-refractivity contribution in [3.8, 4) is 0 Å². The van der Waals surface area contributed by atoms with Crippen molar-refractivity contribution in [1.82, 2.24) is 14.7 Å². The number of hydrogen-bond acceptors (Lipinski definition) is 4. The van der Waals surface area contributed by atoms with E-state index < -0.39 is 18.0 Å². The van der Waals surface area contributed by atoms with E-state index in [1.165, 1.54) is 4.90 Å². The van der Waals surface area contributed by atoms with E-state index >= 15 is 0 Å². The van der Waals surface area contributed by atoms with Crippen molar-refractivity contribution in [2.24, 2.45) is 0 Å². The van der Waals surface area contributed by atoms with Gasteiger partial charge in [0.15, 0.2) is 5.69 Å². The van der Waals surface area contributed by atoms with Crippen LogP contribution in [0.2, 0.25) is 0 Å². The second-order valence-corrected chi connectivity index (χ2v) is 4.41. The Bertz CT molecular complexity index is 475. The Morgan fingerprint density at radius 1 is 1.55 bits per heavy atom. The highest BCUT2D eigenvalue weighted by atomic mass is 19.4. The van der Waals surface area contributed by atoms with Gasteiger partial charge in [-0.25, -0.2) is 0 Å². The van der Waals surface area contributed by atoms with Crippen LogP contribution in [0.25, 0.3) is 0 Å². The molecule has 1 aliphatic heterocycles. The molecule has 1 aromatic rings. The van der Waals surface area contributed by atoms with E-state index in [1.807, 2.05) is 0 Å². The summed E-state index contributed by atoms with van der Waals surface area (Å²) >= 11 is 0. The summed E-state index contributed by atoms with van der Waals surface area (Å²) < 4.78 is 43.3. The minimum atomic E-state index is -4.52. The third-order valence-electron chi connectivity index (χ3n) is 2.92. The molecule has 0 radical (unpaired) electrons. The first kappa shape index (κ1) is 14.8. The summed E-state index contributed by atoms with van der Waals surface area (Å²) in [6.45, 7) is 0.396. The Kier molecular flexibility index (Phi) is 4.29. The van der Waals surface area contributed by atoms with Crippen molar-refractivity contribution in [3.63, 3.8) is 0 Å². The molecule has 1 aromatic heterocycles. The summed E-state index contributed by atoms with van der Waals surface area (Å²) in [5, 5.41) is 12.3. The molecular formula is C11H14F3N3O3. The molecule has 1 saturated heterocycles. The highest BCUT2D eigenvalue weighted by Gasteiger charge is 2.34. The van der Waals surface area contributed by atoms with E-state index in [-0.39, 0.29) is 25.6 Å². The Morgan fingerprint density at radius 3 is 2.90 bits per heavy atom. The summed E-state index contributed by atoms with van der Waals surface area (Å²) in [6.07, 6.45) is -3.85. The molecule has 20 heavy (non-hydrogen) atoms. The number of hydrogen-bond donors (Lipinski definition) is 1. The Hall–Kier alpha value is -1.61. The summed E-state index contributed by atoms with van der Waals surface area (Å²) in [6, 6.07) is 0.823. The van der Waals surface area contributed by atoms with Gasteiger partial charge in [0.1, 0.15) is 6.54 Å². The number of amides is 1. The first-order valence-electron chi connectivity index (χ1n) is 6.01. The molecule has 1 atom stereocenters. The van der Waals surface area contributed by atoms with Gasteiger partial charge in [0.05, 0.1) is 19.3 Å². The fourth-order valence-electron chi connectivity index (χ4n) is 1.90. The molecule has 112 valence electrons. The Morgan fingerprint density at radius 2 is 2.30 bits per heavy atom. The maximum absolute atomic E-state index is 12.4. The van der Waals surface area contributed by atoms with Crippen molar-refractivity contribution in [3.05, 3.63) is 18.0 Å². The number of carbonyl (C=O) groups excluding carboxylic acids is 1. The number of aliphatic hydroxyl groups excluding tert-OH is 1. The third kappa shape index (κ3) is 3.48. The standard InChI is InChI=1S/C11H14F3N3O3/c12-11(13,14)9-1-2-17(15-9)6-10(19)16-3-4-20-8(5-16)7-18/h1-2,8,18H,3-7H2. The summed E-state index contributed by atoms with van der Waals surface area (Å²) in [5.41, 5.74) is -1.03. The molecule has 9 heteroatoms. The number of aromatic nitrogens is 2. The summed E-state index contributed by atoms with van der Waals surface area (Å²) in [7, 11) is 0. The second kappa shape index (κ2) is 5.80. The lowest BCUT2D eigenvalue weighted by atomic mass is 10.3. The van der Waals surface area contributed by atoms with Crippen LogP contribution in [0.4, 0.5) is 13.2 Å². The largest absolute Gasteiger partial charge is 0.435 e. The quantitative estimate of drug-likeness (QED) is 0.859. The molecule has 2 rings (SSSR count). The van der Waals surface area contributed by atoms with E-state index in [1.54, 1.807) is 0 Å². The molecule has 1 fully saturated rings. The summed E-state index contributed by atoms with van der Waals surface area (Å²) in [4.78, 5) is 13.4. The van der Waals surface area contributed by atoms with Gasteiger partial charge in [-0.1, -0.05) is 0 Å². The van der Waals surface area contributed by atoms with Crippen LogP contribution in [0.1, 0.15) is 5.69 Å². The van der Waals surface area contributed by atoms with Gasteiger partial charge < -0.3 is 14.7 Å². The van der Waals surface area contributed by atoms with Crippen LogP contribution < -0.4 is 0 Å². The zero-order valence-electron chi connectivity index (χ0n) is 10.5. The number of carbonyl (C=O) groups is 1. The number of rotatable bonds is 3. The highest BCUT2D eigenvalue weighted by Crippen LogP contribution is 2.27. The number of ether oxygens (including phenoxy) is 1. The lowest BCUT2D eigenvalue weighted by molar-refractivity contribution is -0.144. The van der Waals surface area contributed by atoms with Crippen molar-refractivity contribution < 1.29 is 27.8 Å². The zero-order valence-corrected chi connectivity index (χ0v) is 10.5. The molecule has 0 aromatic carbocycles. The number of aliphatic hydroxyl groups is 1. The molecule has 6 nitrogen and oxygen atoms in total. The van der Waals surface area contributed by atoms with Crippen LogP contribution >= 0.6 is 0 Å². The van der Waals surface area contributed by atoms with E-state index in [2.05, 4.69) is 5.10 Å². The smallest absolute Gasteiger partial charge is 0.394 e. The molecule has 1 N–H and O–H groups in total. The SMILES string of the molecule is O=C(Cn1ccc(C(F)(F)F)n1)N1CCOC(CO)C1. The molecule has 2 heterocycles. The predicted octanol–water partition coefficient (Wildman–Crippen LogP) is 0.122. The van der Waals surface area contributed by atoms with Crippen molar-refractivity contribution in [2.75, 3.05) is 26.3 Å². The van der Waals surface area contributed by atoms with Crippen LogP contribution in [0.5, 0.6) is 0 Å². The van der Waals surface area contributed by atoms with Gasteiger partial charge in [-0.2, -0.15) is 18.3 Å². The van der Waals surface area contributed by atoms with Crippen LogP contribution in [0.3, 0.4) is 0 Å². The molecule has 1 amide bonds. The second-order valence-electron chi connectivity index (χ2n) is 4.41. The predicted molar refractivity (Wildman–Crippen MR) is 60.6 cm³/mol. The van der Waals surface area contributed by atoms with Gasteiger partial charge in [0.2, 0.25) is 5.91 Å². The normalized spacial score (nSPS) is 20.2. The average molecular weight is 293 g/mol. The van der Waals surface area contributed by atoms with Gasteiger partial charge in [0, 0.05) is 19.3 Å². The molecule has 0 aliphatic carbocycles. The fraction of sp³-hybridized carbons (Fsp3) is 0.636. The Balaban J connectivity index is 1.96. The summed E-state index contributed by atoms with van der Waals surface area (Å²) in [5.74, 6) is -0.358. The van der Waals surface area contributed by atoms with Gasteiger partial charge >= 0.3 is 6.18 Å². The lowest BCUT2D eigenvalue weighted by Gasteiger charge is -2.32. The number of morpholine rings is 1. The lowest BCUT2D eigenvalue weighted by Crippen LogP contribution is -2.47. The van der Waals surface area contributed by atoms with Gasteiger partial charge in [-0.3, -0.25) is 9.48 Å². The molecule has 1 aliphatic rings. The number of alkyl halides is 3. The molecule has 0 spiro atoms. The molecular weight excluding hydrogens is 279 g/mol. The maximum Gasteiger partial charge on any atom is 0.435 e. The van der Waals surface area contributed by atoms with Crippen LogP contribution in [0.15, 0.2) is 12.3 Å². The van der Waals surface area contributed by atoms with Crippen molar-refractivity contribution >= 4 is 5.91 Å². The first-order chi connectivity index (χ1) is 9.40.